The second kappa shape index (κ2) is 4.67. The molecule has 1 aliphatic rings. The molecular formula is C16H24O2. The first kappa shape index (κ1) is 13.6. The van der Waals surface area contributed by atoms with Crippen molar-refractivity contribution >= 4 is 0 Å². The van der Waals surface area contributed by atoms with Gasteiger partial charge in [-0.25, -0.2) is 0 Å². The van der Waals surface area contributed by atoms with Crippen LogP contribution in [0.15, 0.2) is 24.3 Å². The SMILES string of the molecule is CCOC1CC(O)(c2ccc(C(C)(C)C)cc2)C1. The summed E-state index contributed by atoms with van der Waals surface area (Å²) in [6.45, 7) is 9.32. The molecule has 100 valence electrons. The molecule has 0 amide bonds. The molecule has 1 aromatic rings. The van der Waals surface area contributed by atoms with Crippen molar-refractivity contribution in [1.29, 1.82) is 0 Å². The van der Waals surface area contributed by atoms with Crippen LogP contribution >= 0.6 is 0 Å². The molecule has 0 unspecified atom stereocenters. The smallest absolute Gasteiger partial charge is 0.0946 e. The van der Waals surface area contributed by atoms with Crippen LogP contribution in [-0.4, -0.2) is 17.8 Å². The van der Waals surface area contributed by atoms with Crippen LogP contribution in [0.25, 0.3) is 0 Å². The second-order valence-corrected chi connectivity index (χ2v) is 6.34. The molecule has 18 heavy (non-hydrogen) atoms. The average molecular weight is 248 g/mol. The Hall–Kier alpha value is -0.860. The Morgan fingerprint density at radius 2 is 1.78 bits per heavy atom. The fourth-order valence-electron chi connectivity index (χ4n) is 2.56. The summed E-state index contributed by atoms with van der Waals surface area (Å²) in [5.41, 5.74) is 1.81. The van der Waals surface area contributed by atoms with E-state index in [-0.39, 0.29) is 11.5 Å². The van der Waals surface area contributed by atoms with Crippen molar-refractivity contribution in [2.24, 2.45) is 0 Å². The molecule has 1 saturated carbocycles. The Balaban J connectivity index is 2.07. The normalized spacial score (nSPS) is 27.9. The fraction of sp³-hybridized carbons (Fsp3) is 0.625. The summed E-state index contributed by atoms with van der Waals surface area (Å²) < 4.78 is 5.51. The van der Waals surface area contributed by atoms with E-state index in [1.807, 2.05) is 6.92 Å². The molecule has 2 heteroatoms. The van der Waals surface area contributed by atoms with Gasteiger partial charge in [0.2, 0.25) is 0 Å². The first-order valence-electron chi connectivity index (χ1n) is 6.80. The lowest BCUT2D eigenvalue weighted by molar-refractivity contribution is -0.142. The number of benzene rings is 1. The van der Waals surface area contributed by atoms with Crippen molar-refractivity contribution in [3.63, 3.8) is 0 Å². The van der Waals surface area contributed by atoms with Gasteiger partial charge in [0.25, 0.3) is 0 Å². The monoisotopic (exact) mass is 248 g/mol. The minimum atomic E-state index is -0.670. The van der Waals surface area contributed by atoms with E-state index in [1.54, 1.807) is 0 Å². The van der Waals surface area contributed by atoms with Gasteiger partial charge in [0.1, 0.15) is 0 Å². The fourth-order valence-corrected chi connectivity index (χ4v) is 2.56. The van der Waals surface area contributed by atoms with Gasteiger partial charge in [-0.2, -0.15) is 0 Å². The first-order valence-corrected chi connectivity index (χ1v) is 6.80. The van der Waals surface area contributed by atoms with Crippen molar-refractivity contribution in [3.8, 4) is 0 Å². The molecule has 1 aromatic carbocycles. The van der Waals surface area contributed by atoms with Gasteiger partial charge in [0.15, 0.2) is 0 Å². The molecule has 0 aromatic heterocycles. The molecule has 1 fully saturated rings. The van der Waals surface area contributed by atoms with E-state index in [0.717, 1.165) is 25.0 Å². The minimum absolute atomic E-state index is 0.161. The average Bonchev–Trinajstić information content (AvgIpc) is 2.26. The Labute approximate surface area is 110 Å². The Morgan fingerprint density at radius 3 is 2.22 bits per heavy atom. The third-order valence-corrected chi connectivity index (χ3v) is 3.82. The van der Waals surface area contributed by atoms with Crippen LogP contribution in [0.2, 0.25) is 0 Å². The van der Waals surface area contributed by atoms with Crippen LogP contribution in [-0.2, 0) is 15.8 Å². The van der Waals surface area contributed by atoms with Gasteiger partial charge in [-0.1, -0.05) is 45.0 Å². The van der Waals surface area contributed by atoms with Crippen LogP contribution in [0.4, 0.5) is 0 Å². The summed E-state index contributed by atoms with van der Waals surface area (Å²) in [7, 11) is 0. The molecule has 0 radical (unpaired) electrons. The maximum Gasteiger partial charge on any atom is 0.0946 e. The van der Waals surface area contributed by atoms with Crippen molar-refractivity contribution < 1.29 is 9.84 Å². The number of rotatable bonds is 3. The minimum Gasteiger partial charge on any atom is -0.385 e. The van der Waals surface area contributed by atoms with Crippen LogP contribution in [0.1, 0.15) is 51.7 Å². The predicted molar refractivity (Wildman–Crippen MR) is 73.7 cm³/mol. The molecule has 0 atom stereocenters. The van der Waals surface area contributed by atoms with Gasteiger partial charge in [-0.15, -0.1) is 0 Å². The molecule has 2 nitrogen and oxygen atoms in total. The Morgan fingerprint density at radius 1 is 1.22 bits per heavy atom. The maximum atomic E-state index is 10.5. The summed E-state index contributed by atoms with van der Waals surface area (Å²) in [6, 6.07) is 8.37. The molecule has 0 spiro atoms. The van der Waals surface area contributed by atoms with Gasteiger partial charge in [0.05, 0.1) is 11.7 Å². The van der Waals surface area contributed by atoms with Gasteiger partial charge < -0.3 is 9.84 Å². The second-order valence-electron chi connectivity index (χ2n) is 6.34. The third kappa shape index (κ3) is 2.60. The predicted octanol–water partition coefficient (Wildman–Crippen LogP) is 3.37. The van der Waals surface area contributed by atoms with Crippen LogP contribution in [0.5, 0.6) is 0 Å². The van der Waals surface area contributed by atoms with E-state index in [0.29, 0.717) is 0 Å². The van der Waals surface area contributed by atoms with E-state index < -0.39 is 5.60 Å². The van der Waals surface area contributed by atoms with Gasteiger partial charge in [0, 0.05) is 19.4 Å². The zero-order valence-corrected chi connectivity index (χ0v) is 11.9. The maximum absolute atomic E-state index is 10.5. The molecule has 2 rings (SSSR count). The lowest BCUT2D eigenvalue weighted by Crippen LogP contribution is -2.45. The summed E-state index contributed by atoms with van der Waals surface area (Å²) in [5, 5.41) is 10.5. The van der Waals surface area contributed by atoms with E-state index in [4.69, 9.17) is 4.74 Å². The van der Waals surface area contributed by atoms with E-state index in [9.17, 15) is 5.11 Å². The molecule has 1 N–H and O–H groups in total. The number of hydrogen-bond donors (Lipinski definition) is 1. The molecule has 0 saturated heterocycles. The Bertz CT molecular complexity index is 394. The highest BCUT2D eigenvalue weighted by Gasteiger charge is 2.44. The van der Waals surface area contributed by atoms with Crippen molar-refractivity contribution in [2.75, 3.05) is 6.61 Å². The van der Waals surface area contributed by atoms with Gasteiger partial charge in [-0.3, -0.25) is 0 Å². The molecular weight excluding hydrogens is 224 g/mol. The van der Waals surface area contributed by atoms with E-state index in [1.165, 1.54) is 5.56 Å². The highest BCUT2D eigenvalue weighted by molar-refractivity contribution is 5.32. The van der Waals surface area contributed by atoms with Crippen molar-refractivity contribution in [3.05, 3.63) is 35.4 Å². The van der Waals surface area contributed by atoms with Crippen LogP contribution in [0, 0.1) is 0 Å². The Kier molecular flexibility index (Phi) is 3.52. The molecule has 0 heterocycles. The van der Waals surface area contributed by atoms with Crippen LogP contribution in [0.3, 0.4) is 0 Å². The molecule has 1 aliphatic carbocycles. The highest BCUT2D eigenvalue weighted by atomic mass is 16.5. The van der Waals surface area contributed by atoms with Crippen molar-refractivity contribution in [2.45, 2.75) is 57.7 Å². The largest absolute Gasteiger partial charge is 0.385 e. The first-order chi connectivity index (χ1) is 8.35. The third-order valence-electron chi connectivity index (χ3n) is 3.82. The zero-order chi connectivity index (χ0) is 13.4. The van der Waals surface area contributed by atoms with Gasteiger partial charge >= 0.3 is 0 Å². The molecule has 0 aliphatic heterocycles. The summed E-state index contributed by atoms with van der Waals surface area (Å²) in [4.78, 5) is 0. The standard InChI is InChI=1S/C16H24O2/c1-5-18-14-10-16(17,11-14)13-8-6-12(7-9-13)15(2,3)4/h6-9,14,17H,5,10-11H2,1-4H3. The quantitative estimate of drug-likeness (QED) is 0.888. The number of ether oxygens (including phenoxy) is 1. The summed E-state index contributed by atoms with van der Waals surface area (Å²) in [6.07, 6.45) is 1.66. The van der Waals surface area contributed by atoms with E-state index >= 15 is 0 Å². The van der Waals surface area contributed by atoms with Crippen molar-refractivity contribution in [1.82, 2.24) is 0 Å². The summed E-state index contributed by atoms with van der Waals surface area (Å²) in [5.74, 6) is 0. The highest BCUT2D eigenvalue weighted by Crippen LogP contribution is 2.43. The lowest BCUT2D eigenvalue weighted by Gasteiger charge is -2.43. The molecule has 0 bridgehead atoms. The number of hydrogen-bond acceptors (Lipinski definition) is 2. The van der Waals surface area contributed by atoms with Crippen LogP contribution < -0.4 is 0 Å². The lowest BCUT2D eigenvalue weighted by atomic mass is 9.72. The zero-order valence-electron chi connectivity index (χ0n) is 11.9. The van der Waals surface area contributed by atoms with Gasteiger partial charge in [-0.05, 0) is 23.5 Å². The summed E-state index contributed by atoms with van der Waals surface area (Å²) >= 11 is 0. The topological polar surface area (TPSA) is 29.5 Å². The number of aliphatic hydroxyl groups is 1. The van der Waals surface area contributed by atoms with E-state index in [2.05, 4.69) is 45.0 Å².